The summed E-state index contributed by atoms with van der Waals surface area (Å²) in [5.41, 5.74) is 2.77. The third-order valence-electron chi connectivity index (χ3n) is 4.66. The van der Waals surface area contributed by atoms with Gasteiger partial charge in [-0.25, -0.2) is 0 Å². The molecule has 1 fully saturated rings. The fourth-order valence-electron chi connectivity index (χ4n) is 3.26. The van der Waals surface area contributed by atoms with Crippen molar-refractivity contribution in [1.29, 1.82) is 0 Å². The topological polar surface area (TPSA) is 54.2 Å². The van der Waals surface area contributed by atoms with Gasteiger partial charge in [-0.15, -0.1) is 24.0 Å². The molecule has 0 spiro atoms. The SMILES string of the molecule is CN=C(NCCCn1nc(C)cc1C)NCC1(C)CCCC1.I. The lowest BCUT2D eigenvalue weighted by molar-refractivity contribution is 0.334. The average molecular weight is 433 g/mol. The van der Waals surface area contributed by atoms with Crippen LogP contribution in [0.15, 0.2) is 11.1 Å². The average Bonchev–Trinajstić information content (AvgIpc) is 3.04. The molecule has 0 aromatic carbocycles. The number of nitrogens with one attached hydrogen (secondary N) is 2. The first-order chi connectivity index (χ1) is 10.5. The summed E-state index contributed by atoms with van der Waals surface area (Å²) in [7, 11) is 1.84. The first-order valence-electron chi connectivity index (χ1n) is 8.48. The maximum atomic E-state index is 4.49. The molecule has 0 unspecified atom stereocenters. The summed E-state index contributed by atoms with van der Waals surface area (Å²) in [6, 6.07) is 2.12. The highest BCUT2D eigenvalue weighted by Crippen LogP contribution is 2.36. The van der Waals surface area contributed by atoms with Crippen LogP contribution in [-0.2, 0) is 6.54 Å². The van der Waals surface area contributed by atoms with Crippen LogP contribution in [0.25, 0.3) is 0 Å². The molecular formula is C17H32IN5. The highest BCUT2D eigenvalue weighted by atomic mass is 127. The molecule has 1 heterocycles. The van der Waals surface area contributed by atoms with Crippen LogP contribution in [0.2, 0.25) is 0 Å². The molecule has 1 aromatic heterocycles. The van der Waals surface area contributed by atoms with Gasteiger partial charge in [-0.05, 0) is 44.6 Å². The Labute approximate surface area is 157 Å². The van der Waals surface area contributed by atoms with E-state index >= 15 is 0 Å². The van der Waals surface area contributed by atoms with Crippen molar-refractivity contribution in [2.45, 2.75) is 59.4 Å². The minimum Gasteiger partial charge on any atom is -0.356 e. The molecule has 1 saturated carbocycles. The van der Waals surface area contributed by atoms with Gasteiger partial charge in [0, 0.05) is 32.4 Å². The molecule has 0 atom stereocenters. The molecular weight excluding hydrogens is 401 g/mol. The zero-order valence-corrected chi connectivity index (χ0v) is 17.3. The number of halogens is 1. The second-order valence-corrected chi connectivity index (χ2v) is 6.87. The molecule has 1 aromatic rings. The van der Waals surface area contributed by atoms with Crippen LogP contribution in [0, 0.1) is 19.3 Å². The van der Waals surface area contributed by atoms with Gasteiger partial charge in [0.05, 0.1) is 5.69 Å². The van der Waals surface area contributed by atoms with E-state index in [4.69, 9.17) is 0 Å². The van der Waals surface area contributed by atoms with Crippen LogP contribution in [0.1, 0.15) is 50.4 Å². The molecule has 0 amide bonds. The van der Waals surface area contributed by atoms with Crippen molar-refractivity contribution in [2.24, 2.45) is 10.4 Å². The van der Waals surface area contributed by atoms with Crippen LogP contribution >= 0.6 is 24.0 Å². The maximum Gasteiger partial charge on any atom is 0.190 e. The molecule has 2 N–H and O–H groups in total. The van der Waals surface area contributed by atoms with Gasteiger partial charge in [0.1, 0.15) is 0 Å². The number of rotatable bonds is 6. The van der Waals surface area contributed by atoms with Crippen LogP contribution in [0.5, 0.6) is 0 Å². The van der Waals surface area contributed by atoms with E-state index in [1.807, 2.05) is 14.0 Å². The van der Waals surface area contributed by atoms with Gasteiger partial charge in [0.2, 0.25) is 0 Å². The van der Waals surface area contributed by atoms with Crippen molar-refractivity contribution in [2.75, 3.05) is 20.1 Å². The van der Waals surface area contributed by atoms with E-state index in [0.717, 1.165) is 37.7 Å². The van der Waals surface area contributed by atoms with Gasteiger partial charge >= 0.3 is 0 Å². The minimum atomic E-state index is 0. The second kappa shape index (κ2) is 9.49. The Morgan fingerprint density at radius 3 is 2.57 bits per heavy atom. The third kappa shape index (κ3) is 6.31. The summed E-state index contributed by atoms with van der Waals surface area (Å²) in [5.74, 6) is 0.918. The molecule has 23 heavy (non-hydrogen) atoms. The lowest BCUT2D eigenvalue weighted by Gasteiger charge is -2.25. The quantitative estimate of drug-likeness (QED) is 0.314. The number of guanidine groups is 1. The maximum absolute atomic E-state index is 4.49. The Balaban J connectivity index is 0.00000264. The Bertz CT molecular complexity index is 503. The van der Waals surface area contributed by atoms with Gasteiger partial charge in [-0.3, -0.25) is 9.67 Å². The van der Waals surface area contributed by atoms with E-state index in [0.29, 0.717) is 5.41 Å². The molecule has 132 valence electrons. The van der Waals surface area contributed by atoms with E-state index in [1.165, 1.54) is 31.4 Å². The Kier molecular flexibility index (Phi) is 8.36. The van der Waals surface area contributed by atoms with E-state index in [2.05, 4.69) is 45.3 Å². The Hall–Kier alpha value is -0.790. The van der Waals surface area contributed by atoms with Crippen molar-refractivity contribution >= 4 is 29.9 Å². The van der Waals surface area contributed by atoms with Gasteiger partial charge in [0.25, 0.3) is 0 Å². The molecule has 0 bridgehead atoms. The van der Waals surface area contributed by atoms with Crippen LogP contribution in [-0.4, -0.2) is 35.9 Å². The molecule has 0 aliphatic heterocycles. The van der Waals surface area contributed by atoms with Crippen molar-refractivity contribution in [1.82, 2.24) is 20.4 Å². The minimum absolute atomic E-state index is 0. The first kappa shape index (κ1) is 20.3. The zero-order valence-electron chi connectivity index (χ0n) is 15.0. The first-order valence-corrected chi connectivity index (χ1v) is 8.48. The van der Waals surface area contributed by atoms with Crippen LogP contribution in [0.4, 0.5) is 0 Å². The summed E-state index contributed by atoms with van der Waals surface area (Å²) in [6.45, 7) is 9.40. The predicted octanol–water partition coefficient (Wildman–Crippen LogP) is 3.25. The van der Waals surface area contributed by atoms with E-state index in [-0.39, 0.29) is 24.0 Å². The second-order valence-electron chi connectivity index (χ2n) is 6.87. The standard InChI is InChI=1S/C17H31N5.HI/c1-14-12-15(2)22(21-14)11-7-10-19-16(18-4)20-13-17(3)8-5-6-9-17;/h12H,5-11,13H2,1-4H3,(H2,18,19,20);1H. The van der Waals surface area contributed by atoms with Crippen molar-refractivity contribution < 1.29 is 0 Å². The molecule has 2 rings (SSSR count). The van der Waals surface area contributed by atoms with E-state index < -0.39 is 0 Å². The van der Waals surface area contributed by atoms with Crippen molar-refractivity contribution in [3.8, 4) is 0 Å². The van der Waals surface area contributed by atoms with Crippen molar-refractivity contribution in [3.05, 3.63) is 17.5 Å². The normalized spacial score (nSPS) is 17.0. The third-order valence-corrected chi connectivity index (χ3v) is 4.66. The number of hydrogen-bond donors (Lipinski definition) is 2. The summed E-state index contributed by atoms with van der Waals surface area (Å²) in [4.78, 5) is 4.32. The predicted molar refractivity (Wildman–Crippen MR) is 108 cm³/mol. The van der Waals surface area contributed by atoms with Gasteiger partial charge in [0.15, 0.2) is 5.96 Å². The number of aryl methyl sites for hydroxylation is 3. The largest absolute Gasteiger partial charge is 0.356 e. The summed E-state index contributed by atoms with van der Waals surface area (Å²) in [6.07, 6.45) is 6.43. The Morgan fingerprint density at radius 1 is 1.30 bits per heavy atom. The zero-order chi connectivity index (χ0) is 16.0. The lowest BCUT2D eigenvalue weighted by atomic mass is 9.89. The summed E-state index contributed by atoms with van der Waals surface area (Å²) < 4.78 is 2.08. The fraction of sp³-hybridized carbons (Fsp3) is 0.765. The van der Waals surface area contributed by atoms with Gasteiger partial charge < -0.3 is 10.6 Å². The van der Waals surface area contributed by atoms with Crippen LogP contribution < -0.4 is 10.6 Å². The molecule has 1 aliphatic rings. The monoisotopic (exact) mass is 433 g/mol. The van der Waals surface area contributed by atoms with E-state index in [1.54, 1.807) is 0 Å². The van der Waals surface area contributed by atoms with Crippen LogP contribution in [0.3, 0.4) is 0 Å². The number of hydrogen-bond acceptors (Lipinski definition) is 2. The number of aliphatic imine (C=N–C) groups is 1. The number of aromatic nitrogens is 2. The fourth-order valence-corrected chi connectivity index (χ4v) is 3.26. The van der Waals surface area contributed by atoms with E-state index in [9.17, 15) is 0 Å². The molecule has 0 radical (unpaired) electrons. The van der Waals surface area contributed by atoms with Gasteiger partial charge in [-0.2, -0.15) is 5.10 Å². The Morgan fingerprint density at radius 2 is 2.00 bits per heavy atom. The lowest BCUT2D eigenvalue weighted by Crippen LogP contribution is -2.42. The van der Waals surface area contributed by atoms with Crippen molar-refractivity contribution in [3.63, 3.8) is 0 Å². The molecule has 0 saturated heterocycles. The molecule has 1 aliphatic carbocycles. The summed E-state index contributed by atoms with van der Waals surface area (Å²) in [5, 5.41) is 11.4. The molecule has 5 nitrogen and oxygen atoms in total. The highest BCUT2D eigenvalue weighted by molar-refractivity contribution is 14.0. The number of nitrogens with zero attached hydrogens (tertiary/aromatic N) is 3. The smallest absolute Gasteiger partial charge is 0.190 e. The molecule has 6 heteroatoms. The summed E-state index contributed by atoms with van der Waals surface area (Å²) >= 11 is 0. The van der Waals surface area contributed by atoms with Gasteiger partial charge in [-0.1, -0.05) is 19.8 Å². The highest BCUT2D eigenvalue weighted by Gasteiger charge is 2.28.